The van der Waals surface area contributed by atoms with E-state index in [1.54, 1.807) is 0 Å². The Bertz CT molecular complexity index is 451. The van der Waals surface area contributed by atoms with Crippen molar-refractivity contribution in [3.05, 3.63) is 35.9 Å². The van der Waals surface area contributed by atoms with Crippen molar-refractivity contribution in [1.82, 2.24) is 10.6 Å². The summed E-state index contributed by atoms with van der Waals surface area (Å²) < 4.78 is 5.83. The van der Waals surface area contributed by atoms with Crippen molar-refractivity contribution < 1.29 is 9.53 Å². The smallest absolute Gasteiger partial charge is 0.223 e. The van der Waals surface area contributed by atoms with E-state index in [2.05, 4.69) is 22.8 Å². The monoisotopic (exact) mass is 288 g/mol. The van der Waals surface area contributed by atoms with E-state index >= 15 is 0 Å². The molecular formula is C17H24N2O2. The van der Waals surface area contributed by atoms with Crippen LogP contribution < -0.4 is 10.6 Å². The zero-order chi connectivity index (χ0) is 14.5. The van der Waals surface area contributed by atoms with Crippen molar-refractivity contribution >= 4 is 5.91 Å². The Morgan fingerprint density at radius 2 is 1.95 bits per heavy atom. The van der Waals surface area contributed by atoms with Gasteiger partial charge in [0.1, 0.15) is 0 Å². The van der Waals surface area contributed by atoms with Crippen LogP contribution in [0.15, 0.2) is 30.3 Å². The van der Waals surface area contributed by atoms with Crippen LogP contribution in [0.2, 0.25) is 0 Å². The van der Waals surface area contributed by atoms with E-state index in [1.807, 2.05) is 18.2 Å². The molecule has 4 nitrogen and oxygen atoms in total. The molecule has 2 aliphatic heterocycles. The van der Waals surface area contributed by atoms with Gasteiger partial charge in [-0.1, -0.05) is 30.3 Å². The number of carbonyl (C=O) groups excluding carboxylic acids is 1. The van der Waals surface area contributed by atoms with Gasteiger partial charge < -0.3 is 15.4 Å². The predicted molar refractivity (Wildman–Crippen MR) is 81.9 cm³/mol. The van der Waals surface area contributed by atoms with E-state index in [0.717, 1.165) is 50.9 Å². The number of piperidine rings is 1. The van der Waals surface area contributed by atoms with Crippen molar-refractivity contribution in [2.45, 2.75) is 37.8 Å². The minimum Gasteiger partial charge on any atom is -0.376 e. The van der Waals surface area contributed by atoms with E-state index in [-0.39, 0.29) is 24.0 Å². The van der Waals surface area contributed by atoms with Crippen LogP contribution in [0.4, 0.5) is 0 Å². The highest BCUT2D eigenvalue weighted by Crippen LogP contribution is 2.27. The first-order valence-electron chi connectivity index (χ1n) is 8.02. The maximum Gasteiger partial charge on any atom is 0.223 e. The Labute approximate surface area is 126 Å². The summed E-state index contributed by atoms with van der Waals surface area (Å²) in [6.45, 7) is 2.68. The van der Waals surface area contributed by atoms with Gasteiger partial charge in [-0.05, 0) is 44.3 Å². The Kier molecular flexibility index (Phi) is 4.88. The molecule has 21 heavy (non-hydrogen) atoms. The van der Waals surface area contributed by atoms with Crippen molar-refractivity contribution in [2.24, 2.45) is 5.92 Å². The second kappa shape index (κ2) is 7.05. The molecule has 114 valence electrons. The molecule has 0 aliphatic carbocycles. The molecule has 2 atom stereocenters. The quantitative estimate of drug-likeness (QED) is 0.891. The van der Waals surface area contributed by atoms with Gasteiger partial charge in [-0.25, -0.2) is 0 Å². The minimum atomic E-state index is -0.0175. The summed E-state index contributed by atoms with van der Waals surface area (Å²) in [6.07, 6.45) is 4.07. The number of hydrogen-bond donors (Lipinski definition) is 2. The summed E-state index contributed by atoms with van der Waals surface area (Å²) >= 11 is 0. The van der Waals surface area contributed by atoms with Gasteiger partial charge in [0.25, 0.3) is 0 Å². The van der Waals surface area contributed by atoms with Crippen LogP contribution >= 0.6 is 0 Å². The fraction of sp³-hybridized carbons (Fsp3) is 0.588. The average molecular weight is 288 g/mol. The number of rotatable bonds is 4. The molecule has 0 bridgehead atoms. The van der Waals surface area contributed by atoms with Crippen LogP contribution in [0.25, 0.3) is 0 Å². The van der Waals surface area contributed by atoms with Crippen molar-refractivity contribution in [1.29, 1.82) is 0 Å². The van der Waals surface area contributed by atoms with Crippen molar-refractivity contribution in [3.8, 4) is 0 Å². The number of carbonyl (C=O) groups is 1. The lowest BCUT2D eigenvalue weighted by Gasteiger charge is -2.28. The lowest BCUT2D eigenvalue weighted by Crippen LogP contribution is -2.42. The standard InChI is InChI=1S/C17H24N2O2/c20-17(14-8-10-18-11-9-14)19-16(15-7-4-12-21-15)13-5-2-1-3-6-13/h1-3,5-6,14-16,18H,4,7-12H2,(H,19,20). The van der Waals surface area contributed by atoms with Gasteiger partial charge in [0.05, 0.1) is 12.1 Å². The maximum atomic E-state index is 12.5. The van der Waals surface area contributed by atoms with Crippen LogP contribution in [-0.4, -0.2) is 31.7 Å². The third-order valence-electron chi connectivity index (χ3n) is 4.50. The second-order valence-electron chi connectivity index (χ2n) is 5.97. The SMILES string of the molecule is O=C(NC(c1ccccc1)C1CCCO1)C1CCNCC1. The number of nitrogens with one attached hydrogen (secondary N) is 2. The number of benzene rings is 1. The summed E-state index contributed by atoms with van der Waals surface area (Å²) in [4.78, 5) is 12.5. The Hall–Kier alpha value is -1.39. The summed E-state index contributed by atoms with van der Waals surface area (Å²) in [6, 6.07) is 10.2. The van der Waals surface area contributed by atoms with Gasteiger partial charge in [-0.2, -0.15) is 0 Å². The Balaban J connectivity index is 1.71. The summed E-state index contributed by atoms with van der Waals surface area (Å²) in [5.74, 6) is 0.319. The highest BCUT2D eigenvalue weighted by Gasteiger charge is 2.31. The molecular weight excluding hydrogens is 264 g/mol. The third kappa shape index (κ3) is 3.63. The number of ether oxygens (including phenoxy) is 1. The molecule has 1 aromatic rings. The molecule has 3 rings (SSSR count). The van der Waals surface area contributed by atoms with Crippen LogP contribution in [-0.2, 0) is 9.53 Å². The molecule has 4 heteroatoms. The third-order valence-corrected chi connectivity index (χ3v) is 4.50. The van der Waals surface area contributed by atoms with Crippen LogP contribution in [0, 0.1) is 5.92 Å². The first-order chi connectivity index (χ1) is 10.3. The predicted octanol–water partition coefficient (Wildman–Crippen LogP) is 2.02. The van der Waals surface area contributed by atoms with Gasteiger partial charge in [-0.15, -0.1) is 0 Å². The molecule has 2 aliphatic rings. The lowest BCUT2D eigenvalue weighted by atomic mass is 9.94. The number of amides is 1. The number of hydrogen-bond acceptors (Lipinski definition) is 3. The molecule has 0 saturated carbocycles. The summed E-state index contributed by atoms with van der Waals surface area (Å²) in [5, 5.41) is 6.56. The first kappa shape index (κ1) is 14.5. The first-order valence-corrected chi connectivity index (χ1v) is 8.02. The van der Waals surface area contributed by atoms with E-state index in [1.165, 1.54) is 0 Å². The normalized spacial score (nSPS) is 24.7. The highest BCUT2D eigenvalue weighted by molar-refractivity contribution is 5.79. The van der Waals surface area contributed by atoms with Crippen molar-refractivity contribution in [2.75, 3.05) is 19.7 Å². The zero-order valence-corrected chi connectivity index (χ0v) is 12.4. The van der Waals surface area contributed by atoms with Gasteiger partial charge in [0.2, 0.25) is 5.91 Å². The van der Waals surface area contributed by atoms with Gasteiger partial charge in [-0.3, -0.25) is 4.79 Å². The zero-order valence-electron chi connectivity index (χ0n) is 12.4. The van der Waals surface area contributed by atoms with E-state index in [9.17, 15) is 4.79 Å². The molecule has 1 amide bonds. The Morgan fingerprint density at radius 3 is 2.62 bits per heavy atom. The molecule has 0 radical (unpaired) electrons. The summed E-state index contributed by atoms with van der Waals surface area (Å²) in [7, 11) is 0. The van der Waals surface area contributed by atoms with Gasteiger partial charge in [0.15, 0.2) is 0 Å². The minimum absolute atomic E-state index is 0.0175. The summed E-state index contributed by atoms with van der Waals surface area (Å²) in [5.41, 5.74) is 1.15. The molecule has 1 aromatic carbocycles. The van der Waals surface area contributed by atoms with Crippen molar-refractivity contribution in [3.63, 3.8) is 0 Å². The molecule has 0 spiro atoms. The van der Waals surface area contributed by atoms with E-state index in [0.29, 0.717) is 0 Å². The Morgan fingerprint density at radius 1 is 1.19 bits per heavy atom. The van der Waals surface area contributed by atoms with Gasteiger partial charge in [0, 0.05) is 12.5 Å². The van der Waals surface area contributed by atoms with E-state index < -0.39 is 0 Å². The largest absolute Gasteiger partial charge is 0.376 e. The van der Waals surface area contributed by atoms with Crippen LogP contribution in [0.3, 0.4) is 0 Å². The molecule has 2 fully saturated rings. The van der Waals surface area contributed by atoms with Gasteiger partial charge >= 0.3 is 0 Å². The maximum absolute atomic E-state index is 12.5. The van der Waals surface area contributed by atoms with Crippen LogP contribution in [0.1, 0.15) is 37.3 Å². The van der Waals surface area contributed by atoms with E-state index in [4.69, 9.17) is 4.74 Å². The molecule has 0 aromatic heterocycles. The fourth-order valence-electron chi connectivity index (χ4n) is 3.27. The second-order valence-corrected chi connectivity index (χ2v) is 5.97. The molecule has 2 heterocycles. The lowest BCUT2D eigenvalue weighted by molar-refractivity contribution is -0.127. The highest BCUT2D eigenvalue weighted by atomic mass is 16.5. The molecule has 2 saturated heterocycles. The molecule has 2 N–H and O–H groups in total. The average Bonchev–Trinajstić information content (AvgIpc) is 3.08. The van der Waals surface area contributed by atoms with Crippen LogP contribution in [0.5, 0.6) is 0 Å². The fourth-order valence-corrected chi connectivity index (χ4v) is 3.27. The molecule has 2 unspecified atom stereocenters. The topological polar surface area (TPSA) is 50.4 Å².